The number of nitrogens with zero attached hydrogens (tertiary/aromatic N) is 1. The van der Waals surface area contributed by atoms with Crippen LogP contribution < -0.4 is 5.43 Å². The van der Waals surface area contributed by atoms with E-state index in [1.54, 1.807) is 0 Å². The Labute approximate surface area is 134 Å². The summed E-state index contributed by atoms with van der Waals surface area (Å²) in [5.74, 6) is 1.35. The number of rotatable bonds is 6. The number of fused-ring (bicyclic) bond motifs is 1. The van der Waals surface area contributed by atoms with Gasteiger partial charge in [0.05, 0.1) is 6.21 Å². The van der Waals surface area contributed by atoms with Crippen LogP contribution in [0.1, 0.15) is 29.9 Å². The van der Waals surface area contributed by atoms with E-state index in [2.05, 4.69) is 27.6 Å². The Morgan fingerprint density at radius 1 is 1.30 bits per heavy atom. The molecule has 1 amide bonds. The molecule has 2 N–H and O–H groups in total. The Balaban J connectivity index is 1.45. The van der Waals surface area contributed by atoms with Crippen molar-refractivity contribution in [1.82, 2.24) is 10.4 Å². The number of hydrogen-bond acceptors (Lipinski definition) is 3. The number of aryl methyl sites for hydroxylation is 2. The summed E-state index contributed by atoms with van der Waals surface area (Å²) >= 11 is 0. The molecular weight excluding hydrogens is 290 g/mol. The first-order chi connectivity index (χ1) is 11.2. The molecule has 2 heterocycles. The number of H-pyrrole nitrogens is 1. The second kappa shape index (κ2) is 6.96. The van der Waals surface area contributed by atoms with Gasteiger partial charge >= 0.3 is 0 Å². The Morgan fingerprint density at radius 3 is 3.00 bits per heavy atom. The van der Waals surface area contributed by atoms with Crippen LogP contribution in [0.2, 0.25) is 0 Å². The first-order valence-corrected chi connectivity index (χ1v) is 7.66. The largest absolute Gasteiger partial charge is 0.460 e. The van der Waals surface area contributed by atoms with Gasteiger partial charge in [-0.15, -0.1) is 0 Å². The molecule has 2 aromatic heterocycles. The molecule has 0 bridgehead atoms. The van der Waals surface area contributed by atoms with Crippen molar-refractivity contribution in [3.8, 4) is 0 Å². The normalized spacial score (nSPS) is 11.3. The van der Waals surface area contributed by atoms with Crippen LogP contribution in [0.3, 0.4) is 0 Å². The summed E-state index contributed by atoms with van der Waals surface area (Å²) in [5.41, 5.74) is 4.89. The van der Waals surface area contributed by atoms with Crippen LogP contribution in [-0.2, 0) is 11.2 Å². The molecule has 0 aliphatic carbocycles. The number of aromatic amines is 1. The number of hydrogen-bond donors (Lipinski definition) is 2. The highest BCUT2D eigenvalue weighted by atomic mass is 16.3. The minimum atomic E-state index is -0.0932. The molecule has 5 heteroatoms. The van der Waals surface area contributed by atoms with Crippen molar-refractivity contribution >= 4 is 23.0 Å². The predicted molar refractivity (Wildman–Crippen MR) is 90.4 cm³/mol. The van der Waals surface area contributed by atoms with Crippen LogP contribution in [-0.4, -0.2) is 17.1 Å². The fraction of sp³-hybridized carbons (Fsp3) is 0.222. The summed E-state index contributed by atoms with van der Waals surface area (Å²) in [6.45, 7) is 1.86. The predicted octanol–water partition coefficient (Wildman–Crippen LogP) is 3.54. The summed E-state index contributed by atoms with van der Waals surface area (Å²) < 4.78 is 5.33. The van der Waals surface area contributed by atoms with Gasteiger partial charge in [-0.05, 0) is 43.5 Å². The van der Waals surface area contributed by atoms with Crippen molar-refractivity contribution in [3.05, 3.63) is 59.7 Å². The molecule has 0 radical (unpaired) electrons. The smallest absolute Gasteiger partial charge is 0.240 e. The van der Waals surface area contributed by atoms with E-state index in [4.69, 9.17) is 4.42 Å². The fourth-order valence-electron chi connectivity index (χ4n) is 2.52. The molecule has 0 unspecified atom stereocenters. The molecule has 3 aromatic rings. The van der Waals surface area contributed by atoms with Gasteiger partial charge in [0, 0.05) is 23.5 Å². The SMILES string of the molecule is Cc1ccc(C=NNC(=O)CCCc2c[nH]c3ccccc23)o1. The van der Waals surface area contributed by atoms with Crippen molar-refractivity contribution < 1.29 is 9.21 Å². The lowest BCUT2D eigenvalue weighted by Crippen LogP contribution is -2.17. The van der Waals surface area contributed by atoms with Crippen molar-refractivity contribution in [2.24, 2.45) is 5.10 Å². The van der Waals surface area contributed by atoms with Crippen LogP contribution in [0.25, 0.3) is 10.9 Å². The fourth-order valence-corrected chi connectivity index (χ4v) is 2.52. The highest BCUT2D eigenvalue weighted by Crippen LogP contribution is 2.19. The summed E-state index contributed by atoms with van der Waals surface area (Å²) in [7, 11) is 0. The Bertz CT molecular complexity index is 830. The van der Waals surface area contributed by atoms with E-state index in [1.807, 2.05) is 37.4 Å². The Morgan fingerprint density at radius 2 is 2.17 bits per heavy atom. The van der Waals surface area contributed by atoms with Crippen molar-refractivity contribution in [2.45, 2.75) is 26.2 Å². The maximum atomic E-state index is 11.8. The molecule has 0 saturated heterocycles. The quantitative estimate of drug-likeness (QED) is 0.540. The second-order valence-corrected chi connectivity index (χ2v) is 5.45. The first kappa shape index (κ1) is 15.1. The molecule has 0 spiro atoms. The number of para-hydroxylation sites is 1. The highest BCUT2D eigenvalue weighted by Gasteiger charge is 2.05. The second-order valence-electron chi connectivity index (χ2n) is 5.45. The maximum absolute atomic E-state index is 11.8. The number of furan rings is 1. The first-order valence-electron chi connectivity index (χ1n) is 7.66. The number of carbonyl (C=O) groups excluding carboxylic acids is 1. The van der Waals surface area contributed by atoms with Gasteiger partial charge in [-0.3, -0.25) is 4.79 Å². The molecule has 0 aliphatic rings. The van der Waals surface area contributed by atoms with Crippen LogP contribution >= 0.6 is 0 Å². The molecule has 0 fully saturated rings. The molecule has 23 heavy (non-hydrogen) atoms. The molecule has 1 aromatic carbocycles. The molecule has 5 nitrogen and oxygen atoms in total. The molecular formula is C18H19N3O2. The van der Waals surface area contributed by atoms with Gasteiger partial charge < -0.3 is 9.40 Å². The van der Waals surface area contributed by atoms with E-state index >= 15 is 0 Å². The topological polar surface area (TPSA) is 70.4 Å². The minimum Gasteiger partial charge on any atom is -0.460 e. The Kier molecular flexibility index (Phi) is 4.57. The number of hydrazone groups is 1. The lowest BCUT2D eigenvalue weighted by molar-refractivity contribution is -0.121. The van der Waals surface area contributed by atoms with Crippen LogP contribution in [0.5, 0.6) is 0 Å². The highest BCUT2D eigenvalue weighted by molar-refractivity contribution is 5.83. The number of nitrogens with one attached hydrogen (secondary N) is 2. The summed E-state index contributed by atoms with van der Waals surface area (Å²) in [6, 6.07) is 11.8. The number of benzene rings is 1. The zero-order valence-electron chi connectivity index (χ0n) is 13.0. The molecule has 0 atom stereocenters. The third-order valence-electron chi connectivity index (χ3n) is 3.67. The number of amides is 1. The monoisotopic (exact) mass is 309 g/mol. The lowest BCUT2D eigenvalue weighted by atomic mass is 10.1. The average molecular weight is 309 g/mol. The van der Waals surface area contributed by atoms with Crippen LogP contribution in [0.4, 0.5) is 0 Å². The molecule has 3 rings (SSSR count). The van der Waals surface area contributed by atoms with E-state index in [0.29, 0.717) is 12.2 Å². The average Bonchev–Trinajstić information content (AvgIpc) is 3.14. The van der Waals surface area contributed by atoms with Gasteiger partial charge in [0.2, 0.25) is 5.91 Å². The lowest BCUT2D eigenvalue weighted by Gasteiger charge is -2.00. The van der Waals surface area contributed by atoms with Gasteiger partial charge in [0.15, 0.2) is 0 Å². The van der Waals surface area contributed by atoms with E-state index in [-0.39, 0.29) is 5.91 Å². The van der Waals surface area contributed by atoms with E-state index in [0.717, 1.165) is 24.1 Å². The zero-order valence-corrected chi connectivity index (χ0v) is 13.0. The van der Waals surface area contributed by atoms with E-state index in [1.165, 1.54) is 17.2 Å². The molecule has 118 valence electrons. The number of aromatic nitrogens is 1. The van der Waals surface area contributed by atoms with Gasteiger partial charge in [0.1, 0.15) is 11.5 Å². The van der Waals surface area contributed by atoms with E-state index < -0.39 is 0 Å². The third-order valence-corrected chi connectivity index (χ3v) is 3.67. The standard InChI is InChI=1S/C18H19N3O2/c1-13-9-10-15(23-13)12-20-21-18(22)8-4-5-14-11-19-17-7-3-2-6-16(14)17/h2-3,6-7,9-12,19H,4-5,8H2,1H3,(H,21,22). The summed E-state index contributed by atoms with van der Waals surface area (Å²) in [5, 5.41) is 5.12. The molecule has 0 saturated carbocycles. The third kappa shape index (κ3) is 3.88. The molecule has 0 aliphatic heterocycles. The maximum Gasteiger partial charge on any atom is 0.240 e. The minimum absolute atomic E-state index is 0.0932. The van der Waals surface area contributed by atoms with Crippen molar-refractivity contribution in [2.75, 3.05) is 0 Å². The number of carbonyl (C=O) groups is 1. The Hall–Kier alpha value is -2.82. The summed E-state index contributed by atoms with van der Waals surface area (Å²) in [4.78, 5) is 15.0. The van der Waals surface area contributed by atoms with E-state index in [9.17, 15) is 4.79 Å². The van der Waals surface area contributed by atoms with Crippen molar-refractivity contribution in [1.29, 1.82) is 0 Å². The van der Waals surface area contributed by atoms with Crippen molar-refractivity contribution in [3.63, 3.8) is 0 Å². The van der Waals surface area contributed by atoms with Crippen LogP contribution in [0, 0.1) is 6.92 Å². The zero-order chi connectivity index (χ0) is 16.1. The van der Waals surface area contributed by atoms with Gasteiger partial charge in [0.25, 0.3) is 0 Å². The van der Waals surface area contributed by atoms with Gasteiger partial charge in [-0.2, -0.15) is 5.10 Å². The van der Waals surface area contributed by atoms with Gasteiger partial charge in [-0.25, -0.2) is 5.43 Å². The summed E-state index contributed by atoms with van der Waals surface area (Å²) in [6.07, 6.45) is 5.60. The van der Waals surface area contributed by atoms with Crippen LogP contribution in [0.15, 0.2) is 52.1 Å². The van der Waals surface area contributed by atoms with Gasteiger partial charge in [-0.1, -0.05) is 18.2 Å².